The summed E-state index contributed by atoms with van der Waals surface area (Å²) < 4.78 is 5.53. The van der Waals surface area contributed by atoms with E-state index in [1.165, 1.54) is 31.9 Å². The van der Waals surface area contributed by atoms with E-state index in [9.17, 15) is 4.79 Å². The molecule has 3 nitrogen and oxygen atoms in total. The highest BCUT2D eigenvalue weighted by Crippen LogP contribution is 2.17. The third-order valence-corrected chi connectivity index (χ3v) is 3.34. The molecule has 1 rings (SSSR count). The Balaban J connectivity index is 2.29. The van der Waals surface area contributed by atoms with Crippen LogP contribution in [0.1, 0.15) is 56.3 Å². The zero-order valence-corrected chi connectivity index (χ0v) is 12.0. The lowest BCUT2D eigenvalue weighted by Crippen LogP contribution is -2.32. The van der Waals surface area contributed by atoms with Gasteiger partial charge in [0.25, 0.3) is 5.91 Å². The first-order valence-corrected chi connectivity index (χ1v) is 6.98. The molecule has 0 spiro atoms. The number of unbranched alkanes of at least 4 members (excludes halogenated alkanes) is 3. The highest BCUT2D eigenvalue weighted by Gasteiger charge is 2.14. The summed E-state index contributed by atoms with van der Waals surface area (Å²) in [5, 5.41) is 2.97. The molecule has 0 saturated heterocycles. The fourth-order valence-electron chi connectivity index (χ4n) is 1.71. The Kier molecular flexibility index (Phi) is 6.34. The van der Waals surface area contributed by atoms with E-state index >= 15 is 0 Å². The van der Waals surface area contributed by atoms with Crippen molar-refractivity contribution < 1.29 is 9.21 Å². The minimum Gasteiger partial charge on any atom is -0.457 e. The van der Waals surface area contributed by atoms with E-state index in [1.54, 1.807) is 6.07 Å². The molecule has 1 heterocycles. The quantitative estimate of drug-likeness (QED) is 0.769. The predicted molar refractivity (Wildman–Crippen MR) is 72.1 cm³/mol. The van der Waals surface area contributed by atoms with Gasteiger partial charge in [-0.3, -0.25) is 4.79 Å². The van der Waals surface area contributed by atoms with Crippen molar-refractivity contribution in [3.63, 3.8) is 0 Å². The average Bonchev–Trinajstić information content (AvgIpc) is 2.71. The summed E-state index contributed by atoms with van der Waals surface area (Å²) in [6, 6.07) is 1.88. The van der Waals surface area contributed by atoms with Crippen molar-refractivity contribution in [1.82, 2.24) is 5.32 Å². The van der Waals surface area contributed by atoms with Gasteiger partial charge in [-0.15, -0.1) is 0 Å². The van der Waals surface area contributed by atoms with Gasteiger partial charge in [0.05, 0.1) is 11.8 Å². The number of carbonyl (C=O) groups is 1. The third kappa shape index (κ3) is 4.94. The molecule has 1 aromatic rings. The lowest BCUT2D eigenvalue weighted by molar-refractivity contribution is 0.0936. The van der Waals surface area contributed by atoms with E-state index in [0.29, 0.717) is 10.2 Å². The van der Waals surface area contributed by atoms with Gasteiger partial charge < -0.3 is 9.73 Å². The summed E-state index contributed by atoms with van der Waals surface area (Å²) >= 11 is 3.20. The Labute approximate surface area is 111 Å². The number of rotatable bonds is 7. The predicted octanol–water partition coefficient (Wildman–Crippen LogP) is 4.13. The van der Waals surface area contributed by atoms with E-state index in [1.807, 2.05) is 6.92 Å². The molecule has 0 fully saturated rings. The van der Waals surface area contributed by atoms with Crippen LogP contribution in [0.25, 0.3) is 0 Å². The number of hydrogen-bond donors (Lipinski definition) is 1. The van der Waals surface area contributed by atoms with E-state index in [0.717, 1.165) is 6.42 Å². The number of hydrogen-bond acceptors (Lipinski definition) is 2. The van der Waals surface area contributed by atoms with Gasteiger partial charge >= 0.3 is 0 Å². The van der Waals surface area contributed by atoms with Crippen molar-refractivity contribution in [3.8, 4) is 0 Å². The molecule has 1 unspecified atom stereocenters. The van der Waals surface area contributed by atoms with E-state index in [-0.39, 0.29) is 11.9 Å². The Morgan fingerprint density at radius 3 is 2.82 bits per heavy atom. The number of furan rings is 1. The molecule has 1 N–H and O–H groups in total. The largest absolute Gasteiger partial charge is 0.457 e. The fraction of sp³-hybridized carbons (Fsp3) is 0.615. The van der Waals surface area contributed by atoms with Gasteiger partial charge in [-0.25, -0.2) is 0 Å². The molecule has 96 valence electrons. The molecule has 4 heteroatoms. The second kappa shape index (κ2) is 7.54. The van der Waals surface area contributed by atoms with Crippen LogP contribution in [0.3, 0.4) is 0 Å². The fourth-order valence-corrected chi connectivity index (χ4v) is 2.13. The van der Waals surface area contributed by atoms with E-state index in [4.69, 9.17) is 4.42 Å². The molecular weight excluding hydrogens is 282 g/mol. The van der Waals surface area contributed by atoms with Crippen molar-refractivity contribution in [2.45, 2.75) is 52.0 Å². The van der Waals surface area contributed by atoms with Crippen molar-refractivity contribution in [2.75, 3.05) is 0 Å². The van der Waals surface area contributed by atoms with Gasteiger partial charge in [-0.2, -0.15) is 0 Å². The Bertz CT molecular complexity index is 349. The molecule has 0 bridgehead atoms. The summed E-state index contributed by atoms with van der Waals surface area (Å²) in [7, 11) is 0. The van der Waals surface area contributed by atoms with Gasteiger partial charge in [0.2, 0.25) is 0 Å². The van der Waals surface area contributed by atoms with Crippen LogP contribution in [0.15, 0.2) is 21.4 Å². The summed E-state index contributed by atoms with van der Waals surface area (Å²) in [5.41, 5.74) is 0.561. The Hall–Kier alpha value is -0.770. The molecule has 1 amide bonds. The van der Waals surface area contributed by atoms with Crippen LogP contribution in [0.4, 0.5) is 0 Å². The van der Waals surface area contributed by atoms with Gasteiger partial charge in [0, 0.05) is 6.04 Å². The first-order chi connectivity index (χ1) is 8.15. The number of nitrogens with one attached hydrogen (secondary N) is 1. The average molecular weight is 302 g/mol. The van der Waals surface area contributed by atoms with Gasteiger partial charge in [0.1, 0.15) is 0 Å². The minimum atomic E-state index is -0.0754. The third-order valence-electron chi connectivity index (χ3n) is 2.73. The SMILES string of the molecule is CCCCCCC(C)NC(=O)c1ccoc1Br. The van der Waals surface area contributed by atoms with Crippen molar-refractivity contribution in [2.24, 2.45) is 0 Å². The van der Waals surface area contributed by atoms with Crippen LogP contribution in [0, 0.1) is 0 Å². The molecular formula is C13H20BrNO2. The number of carbonyl (C=O) groups excluding carboxylic acids is 1. The van der Waals surface area contributed by atoms with Crippen LogP contribution < -0.4 is 5.32 Å². The molecule has 0 saturated carbocycles. The summed E-state index contributed by atoms with van der Waals surface area (Å²) in [4.78, 5) is 11.8. The van der Waals surface area contributed by atoms with Crippen molar-refractivity contribution >= 4 is 21.8 Å². The van der Waals surface area contributed by atoms with E-state index < -0.39 is 0 Å². The Morgan fingerprint density at radius 2 is 2.24 bits per heavy atom. The Morgan fingerprint density at radius 1 is 1.47 bits per heavy atom. The second-order valence-electron chi connectivity index (χ2n) is 4.33. The lowest BCUT2D eigenvalue weighted by Gasteiger charge is -2.13. The van der Waals surface area contributed by atoms with Crippen LogP contribution in [0.5, 0.6) is 0 Å². The number of amides is 1. The molecule has 0 aliphatic heterocycles. The van der Waals surface area contributed by atoms with Crippen molar-refractivity contribution in [3.05, 3.63) is 22.6 Å². The van der Waals surface area contributed by atoms with Crippen LogP contribution in [0.2, 0.25) is 0 Å². The summed E-state index contributed by atoms with van der Waals surface area (Å²) in [6.07, 6.45) is 7.46. The maximum Gasteiger partial charge on any atom is 0.255 e. The molecule has 0 aliphatic carbocycles. The maximum atomic E-state index is 11.8. The first kappa shape index (κ1) is 14.3. The second-order valence-corrected chi connectivity index (χ2v) is 5.05. The zero-order chi connectivity index (χ0) is 12.7. The molecule has 0 aliphatic rings. The molecule has 0 aromatic carbocycles. The van der Waals surface area contributed by atoms with Gasteiger partial charge in [-0.1, -0.05) is 32.6 Å². The van der Waals surface area contributed by atoms with Crippen LogP contribution in [-0.4, -0.2) is 11.9 Å². The number of halogens is 1. The van der Waals surface area contributed by atoms with Gasteiger partial charge in [0.15, 0.2) is 4.67 Å². The maximum absolute atomic E-state index is 11.8. The monoisotopic (exact) mass is 301 g/mol. The van der Waals surface area contributed by atoms with E-state index in [2.05, 4.69) is 28.2 Å². The normalized spacial score (nSPS) is 12.4. The minimum absolute atomic E-state index is 0.0754. The molecule has 1 atom stereocenters. The highest BCUT2D eigenvalue weighted by molar-refractivity contribution is 9.10. The molecule has 17 heavy (non-hydrogen) atoms. The van der Waals surface area contributed by atoms with Crippen molar-refractivity contribution in [1.29, 1.82) is 0 Å². The first-order valence-electron chi connectivity index (χ1n) is 6.19. The zero-order valence-electron chi connectivity index (χ0n) is 10.5. The summed E-state index contributed by atoms with van der Waals surface area (Å²) in [6.45, 7) is 4.24. The standard InChI is InChI=1S/C13H20BrNO2/c1-3-4-5-6-7-10(2)15-13(16)11-8-9-17-12(11)14/h8-10H,3-7H2,1-2H3,(H,15,16). The molecule has 0 radical (unpaired) electrons. The molecule has 1 aromatic heterocycles. The lowest BCUT2D eigenvalue weighted by atomic mass is 10.1. The topological polar surface area (TPSA) is 42.2 Å². The highest BCUT2D eigenvalue weighted by atomic mass is 79.9. The smallest absolute Gasteiger partial charge is 0.255 e. The van der Waals surface area contributed by atoms with Crippen LogP contribution >= 0.6 is 15.9 Å². The van der Waals surface area contributed by atoms with Gasteiger partial charge in [-0.05, 0) is 35.3 Å². The van der Waals surface area contributed by atoms with Crippen LogP contribution in [-0.2, 0) is 0 Å². The summed E-state index contributed by atoms with van der Waals surface area (Å²) in [5.74, 6) is -0.0754.